The summed E-state index contributed by atoms with van der Waals surface area (Å²) in [6.07, 6.45) is -1.24. The summed E-state index contributed by atoms with van der Waals surface area (Å²) in [7, 11) is -5.24. The SMILES string of the molecule is CC(=O)N[C@@H](CCCN=C(N)N)C(=O)N[C@@H](CCCN=C(N)N)C(=O)N[C@@H](C)C(=O)N[C@H](C(=O)N[C@H](C(=O)N[C@@H](C)C(=O)O)C(C)C)[C@@H](C)OP(=O)(O)O. The number of nitrogens with two attached hydrogens (primary N) is 4. The van der Waals surface area contributed by atoms with Crippen molar-refractivity contribution in [1.82, 2.24) is 31.9 Å². The maximum atomic E-state index is 13.5. The normalized spacial score (nSPS) is 15.1. The molecule has 0 bridgehead atoms. The zero-order valence-electron chi connectivity index (χ0n) is 31.0. The van der Waals surface area contributed by atoms with Gasteiger partial charge in [0.05, 0.1) is 6.10 Å². The van der Waals surface area contributed by atoms with E-state index in [0.717, 1.165) is 6.92 Å². The van der Waals surface area contributed by atoms with Crippen LogP contribution in [-0.2, 0) is 42.7 Å². The van der Waals surface area contributed by atoms with Gasteiger partial charge in [0.1, 0.15) is 36.3 Å². The third-order valence-corrected chi connectivity index (χ3v) is 7.91. The standard InChI is InChI=1S/C29H55N12O12P/c1-13(2)20(25(46)37-15(4)27(48)49)40-26(47)21(16(5)53-54(50,51)52)41-22(43)14(3)36-23(44)19(10-8-12-35-29(32)33)39-24(45)18(38-17(6)42)9-7-11-34-28(30)31/h13-16,18-21H,7-12H2,1-6H3,(H,36,44)(H,37,46)(H,38,42)(H,39,45)(H,40,47)(H,41,43)(H,48,49)(H4,30,31,34)(H4,32,33,35)(H2,50,51,52)/t14-,15-,16+,18-,19-,20-,21-/m0/s1. The molecule has 0 saturated heterocycles. The van der Waals surface area contributed by atoms with Gasteiger partial charge in [-0.3, -0.25) is 48.1 Å². The van der Waals surface area contributed by atoms with Gasteiger partial charge in [-0.05, 0) is 52.4 Å². The number of carboxylic acid groups (broad SMARTS) is 1. The predicted molar refractivity (Wildman–Crippen MR) is 193 cm³/mol. The minimum atomic E-state index is -5.24. The molecule has 25 heteroatoms. The van der Waals surface area contributed by atoms with Crippen molar-refractivity contribution >= 4 is 61.2 Å². The zero-order chi connectivity index (χ0) is 41.9. The molecule has 0 aliphatic carbocycles. The molecular weight excluding hydrogens is 739 g/mol. The summed E-state index contributed by atoms with van der Waals surface area (Å²) >= 11 is 0. The van der Waals surface area contributed by atoms with E-state index in [1.807, 2.05) is 0 Å². The largest absolute Gasteiger partial charge is 0.480 e. The maximum Gasteiger partial charge on any atom is 0.469 e. The van der Waals surface area contributed by atoms with Gasteiger partial charge in [0.15, 0.2) is 11.9 Å². The molecule has 0 rings (SSSR count). The summed E-state index contributed by atoms with van der Waals surface area (Å²) in [5, 5.41) is 23.3. The van der Waals surface area contributed by atoms with E-state index in [0.29, 0.717) is 0 Å². The van der Waals surface area contributed by atoms with Gasteiger partial charge in [-0.1, -0.05) is 13.8 Å². The van der Waals surface area contributed by atoms with E-state index >= 15 is 0 Å². The molecule has 308 valence electrons. The van der Waals surface area contributed by atoms with Crippen molar-refractivity contribution in [3.63, 3.8) is 0 Å². The smallest absolute Gasteiger partial charge is 0.469 e. The summed E-state index contributed by atoms with van der Waals surface area (Å²) in [4.78, 5) is 116. The van der Waals surface area contributed by atoms with E-state index in [4.69, 9.17) is 28.0 Å². The number of carbonyl (C=O) groups excluding carboxylic acids is 6. The fourth-order valence-electron chi connectivity index (χ4n) is 4.54. The number of guanidine groups is 2. The molecule has 6 amide bonds. The van der Waals surface area contributed by atoms with Gasteiger partial charge in [-0.25, -0.2) is 4.57 Å². The summed E-state index contributed by atoms with van der Waals surface area (Å²) in [6, 6.07) is -8.45. The molecule has 24 nitrogen and oxygen atoms in total. The van der Waals surface area contributed by atoms with Crippen LogP contribution in [0.25, 0.3) is 0 Å². The number of hydrogen-bond acceptors (Lipinski definition) is 11. The highest BCUT2D eigenvalue weighted by Crippen LogP contribution is 2.38. The van der Waals surface area contributed by atoms with E-state index in [9.17, 15) is 47.9 Å². The van der Waals surface area contributed by atoms with E-state index in [1.54, 1.807) is 0 Å². The number of amides is 6. The maximum absolute atomic E-state index is 13.5. The van der Waals surface area contributed by atoms with Crippen molar-refractivity contribution in [3.05, 3.63) is 0 Å². The van der Waals surface area contributed by atoms with Gasteiger partial charge >= 0.3 is 13.8 Å². The summed E-state index contributed by atoms with van der Waals surface area (Å²) in [5.41, 5.74) is 21.4. The first-order chi connectivity index (χ1) is 24.9. The fraction of sp³-hybridized carbons (Fsp3) is 0.690. The molecule has 0 aliphatic heterocycles. The third kappa shape index (κ3) is 20.3. The Bertz CT molecular complexity index is 1430. The number of aliphatic carboxylic acids is 1. The van der Waals surface area contributed by atoms with Crippen molar-refractivity contribution in [2.75, 3.05) is 13.1 Å². The quantitative estimate of drug-likeness (QED) is 0.0189. The molecule has 54 heavy (non-hydrogen) atoms. The number of nitrogens with one attached hydrogen (secondary N) is 6. The summed E-state index contributed by atoms with van der Waals surface area (Å²) in [6.45, 7) is 7.88. The van der Waals surface area contributed by atoms with Gasteiger partial charge in [0.2, 0.25) is 35.4 Å². The second kappa shape index (κ2) is 23.6. The van der Waals surface area contributed by atoms with Crippen LogP contribution in [0.5, 0.6) is 0 Å². The Morgan fingerprint density at radius 1 is 0.630 bits per heavy atom. The number of carbonyl (C=O) groups is 7. The molecule has 0 aromatic heterocycles. The Kier molecular flexibility index (Phi) is 21.4. The number of phosphoric acid groups is 1. The van der Waals surface area contributed by atoms with Crippen LogP contribution in [0.2, 0.25) is 0 Å². The van der Waals surface area contributed by atoms with E-state index < -0.39 is 97.5 Å². The molecule has 0 radical (unpaired) electrons. The lowest BCUT2D eigenvalue weighted by molar-refractivity contribution is -0.142. The Hall–Kier alpha value is -5.06. The number of carboxylic acids is 1. The number of rotatable bonds is 24. The molecule has 0 aromatic rings. The Morgan fingerprint density at radius 2 is 1.06 bits per heavy atom. The predicted octanol–water partition coefficient (Wildman–Crippen LogP) is -4.70. The van der Waals surface area contributed by atoms with Crippen LogP contribution in [-0.4, -0.2) is 124 Å². The van der Waals surface area contributed by atoms with E-state index in [2.05, 4.69) is 46.4 Å². The van der Waals surface area contributed by atoms with Crippen molar-refractivity contribution in [3.8, 4) is 0 Å². The van der Waals surface area contributed by atoms with Gasteiger partial charge in [-0.2, -0.15) is 0 Å². The van der Waals surface area contributed by atoms with Crippen LogP contribution in [0, 0.1) is 5.92 Å². The molecule has 0 fully saturated rings. The second-order valence-corrected chi connectivity index (χ2v) is 13.7. The Morgan fingerprint density at radius 3 is 1.48 bits per heavy atom. The lowest BCUT2D eigenvalue weighted by Gasteiger charge is -2.29. The van der Waals surface area contributed by atoms with Crippen LogP contribution in [0.15, 0.2) is 9.98 Å². The van der Waals surface area contributed by atoms with E-state index in [1.165, 1.54) is 34.6 Å². The molecule has 0 unspecified atom stereocenters. The van der Waals surface area contributed by atoms with E-state index in [-0.39, 0.29) is 50.7 Å². The molecule has 7 atom stereocenters. The van der Waals surface area contributed by atoms with Crippen LogP contribution >= 0.6 is 7.82 Å². The fourth-order valence-corrected chi connectivity index (χ4v) is 5.09. The third-order valence-electron chi connectivity index (χ3n) is 7.30. The highest BCUT2D eigenvalue weighted by atomic mass is 31.2. The van der Waals surface area contributed by atoms with Crippen molar-refractivity contribution in [2.24, 2.45) is 38.8 Å². The first-order valence-corrected chi connectivity index (χ1v) is 18.3. The highest BCUT2D eigenvalue weighted by Gasteiger charge is 2.37. The number of phosphoric ester groups is 1. The average Bonchev–Trinajstić information content (AvgIpc) is 3.03. The summed E-state index contributed by atoms with van der Waals surface area (Å²) < 4.78 is 16.3. The number of nitrogens with zero attached hydrogens (tertiary/aromatic N) is 2. The Balaban J connectivity index is 6.21. The lowest BCUT2D eigenvalue weighted by Crippen LogP contribution is -2.61. The molecule has 0 saturated carbocycles. The van der Waals surface area contributed by atoms with Gasteiger partial charge in [-0.15, -0.1) is 0 Å². The highest BCUT2D eigenvalue weighted by molar-refractivity contribution is 7.46. The van der Waals surface area contributed by atoms with Crippen LogP contribution < -0.4 is 54.8 Å². The molecule has 0 aliphatic rings. The van der Waals surface area contributed by atoms with Crippen molar-refractivity contribution in [2.45, 2.75) is 110 Å². The van der Waals surface area contributed by atoms with Crippen LogP contribution in [0.1, 0.15) is 67.2 Å². The van der Waals surface area contributed by atoms with Crippen molar-refractivity contribution in [1.29, 1.82) is 0 Å². The zero-order valence-corrected chi connectivity index (χ0v) is 31.9. The monoisotopic (exact) mass is 794 g/mol. The Labute approximate surface area is 312 Å². The first kappa shape index (κ1) is 48.9. The minimum absolute atomic E-state index is 0.0547. The molecule has 0 spiro atoms. The van der Waals surface area contributed by atoms with Crippen LogP contribution in [0.4, 0.5) is 0 Å². The lowest BCUT2D eigenvalue weighted by atomic mass is 10.0. The molecular formula is C29H55N12O12P. The van der Waals surface area contributed by atoms with Gasteiger partial charge < -0.3 is 69.7 Å². The topological polar surface area (TPSA) is 407 Å². The first-order valence-electron chi connectivity index (χ1n) is 16.7. The summed E-state index contributed by atoms with van der Waals surface area (Å²) in [5.74, 6) is -7.66. The molecule has 0 aromatic carbocycles. The van der Waals surface area contributed by atoms with Crippen LogP contribution in [0.3, 0.4) is 0 Å². The van der Waals surface area contributed by atoms with Gasteiger partial charge in [0, 0.05) is 20.0 Å². The van der Waals surface area contributed by atoms with Crippen molar-refractivity contribution < 1.29 is 57.5 Å². The average molecular weight is 795 g/mol. The second-order valence-electron chi connectivity index (χ2n) is 12.5. The minimum Gasteiger partial charge on any atom is -0.480 e. The molecule has 17 N–H and O–H groups in total. The molecule has 0 heterocycles. The number of aliphatic imine (C=N–C) groups is 2. The van der Waals surface area contributed by atoms with Gasteiger partial charge in [0.25, 0.3) is 0 Å². The number of hydrogen-bond donors (Lipinski definition) is 13.